The van der Waals surface area contributed by atoms with Crippen molar-refractivity contribution in [1.82, 2.24) is 14.6 Å². The van der Waals surface area contributed by atoms with E-state index in [0.29, 0.717) is 24.0 Å². The summed E-state index contributed by atoms with van der Waals surface area (Å²) in [7, 11) is -3.45. The quantitative estimate of drug-likeness (QED) is 0.865. The molecule has 0 amide bonds. The lowest BCUT2D eigenvalue weighted by Crippen LogP contribution is -2.45. The lowest BCUT2D eigenvalue weighted by atomic mass is 10.1. The fourth-order valence-corrected chi connectivity index (χ4v) is 5.10. The minimum Gasteiger partial charge on any atom is -0.314 e. The zero-order valence-electron chi connectivity index (χ0n) is 14.1. The van der Waals surface area contributed by atoms with Gasteiger partial charge in [-0.25, -0.2) is 8.42 Å². The molecule has 1 saturated heterocycles. The fourth-order valence-electron chi connectivity index (χ4n) is 3.41. The molecule has 5 nitrogen and oxygen atoms in total. The molecule has 2 fully saturated rings. The summed E-state index contributed by atoms with van der Waals surface area (Å²) in [6, 6.07) is 7.63. The molecule has 0 atom stereocenters. The topological polar surface area (TPSA) is 62.3 Å². The normalized spacial score (nSPS) is 19.7. The summed E-state index contributed by atoms with van der Waals surface area (Å²) >= 11 is 0. The van der Waals surface area contributed by atoms with Crippen LogP contribution in [0.2, 0.25) is 0 Å². The van der Waals surface area contributed by atoms with Crippen LogP contribution >= 0.6 is 12.4 Å². The molecule has 0 spiro atoms. The predicted molar refractivity (Wildman–Crippen MR) is 101 cm³/mol. The zero-order chi connectivity index (χ0) is 16.6. The van der Waals surface area contributed by atoms with Crippen molar-refractivity contribution in [3.63, 3.8) is 0 Å². The average Bonchev–Trinajstić information content (AvgIpc) is 3.44. The maximum Gasteiger partial charge on any atom is 0.243 e. The molecule has 1 aliphatic carbocycles. The van der Waals surface area contributed by atoms with Crippen molar-refractivity contribution in [2.45, 2.75) is 36.6 Å². The van der Waals surface area contributed by atoms with Crippen LogP contribution in [0.1, 0.15) is 25.7 Å². The molecular weight excluding hydrogens is 358 g/mol. The SMILES string of the molecule is Cl.O=S(=O)(c1cccc2cnccc12)N1CCC(NCC2CC2)CC1. The molecule has 1 aromatic heterocycles. The smallest absolute Gasteiger partial charge is 0.243 e. The Hall–Kier alpha value is -1.21. The second kappa shape index (κ2) is 7.58. The third-order valence-electron chi connectivity index (χ3n) is 5.10. The molecule has 4 rings (SSSR count). The number of hydrogen-bond donors (Lipinski definition) is 1. The fraction of sp³-hybridized carbons (Fsp3) is 0.500. The molecule has 2 heterocycles. The highest BCUT2D eigenvalue weighted by Crippen LogP contribution is 2.29. The number of sulfonamides is 1. The van der Waals surface area contributed by atoms with Crippen molar-refractivity contribution in [1.29, 1.82) is 0 Å². The standard InChI is InChI=1S/C18H23N3O2S.ClH/c22-24(23,18-3-1-2-15-13-19-9-6-17(15)18)21-10-7-16(8-11-21)20-12-14-4-5-14;/h1-3,6,9,13-14,16,20H,4-5,7-8,10-12H2;1H. The van der Waals surface area contributed by atoms with E-state index in [1.165, 1.54) is 12.8 Å². The average molecular weight is 382 g/mol. The van der Waals surface area contributed by atoms with E-state index in [-0.39, 0.29) is 12.4 Å². The van der Waals surface area contributed by atoms with Crippen molar-refractivity contribution in [3.05, 3.63) is 36.7 Å². The minimum absolute atomic E-state index is 0. The second-order valence-corrected chi connectivity index (χ2v) is 8.79. The summed E-state index contributed by atoms with van der Waals surface area (Å²) in [5, 5.41) is 5.21. The van der Waals surface area contributed by atoms with Crippen LogP contribution in [0, 0.1) is 5.92 Å². The van der Waals surface area contributed by atoms with Crippen LogP contribution in [0.15, 0.2) is 41.6 Å². The number of aromatic nitrogens is 1. The summed E-state index contributed by atoms with van der Waals surface area (Å²) in [5.74, 6) is 0.857. The van der Waals surface area contributed by atoms with E-state index in [4.69, 9.17) is 0 Å². The lowest BCUT2D eigenvalue weighted by molar-refractivity contribution is 0.288. The van der Waals surface area contributed by atoms with Gasteiger partial charge in [0, 0.05) is 42.3 Å². The van der Waals surface area contributed by atoms with Crippen LogP contribution in [0.5, 0.6) is 0 Å². The molecule has 2 aromatic rings. The molecule has 2 aliphatic rings. The number of nitrogens with zero attached hydrogens (tertiary/aromatic N) is 2. The van der Waals surface area contributed by atoms with E-state index in [2.05, 4.69) is 10.3 Å². The van der Waals surface area contributed by atoms with Gasteiger partial charge < -0.3 is 5.32 Å². The van der Waals surface area contributed by atoms with Gasteiger partial charge in [-0.1, -0.05) is 12.1 Å². The summed E-state index contributed by atoms with van der Waals surface area (Å²) in [6.45, 7) is 2.27. The molecule has 0 radical (unpaired) electrons. The summed E-state index contributed by atoms with van der Waals surface area (Å²) in [6.07, 6.45) is 7.82. The van der Waals surface area contributed by atoms with Crippen molar-refractivity contribution in [2.75, 3.05) is 19.6 Å². The number of rotatable bonds is 5. The van der Waals surface area contributed by atoms with Crippen LogP contribution < -0.4 is 5.32 Å². The number of benzene rings is 1. The van der Waals surface area contributed by atoms with Gasteiger partial charge in [-0.15, -0.1) is 12.4 Å². The zero-order valence-corrected chi connectivity index (χ0v) is 15.7. The third-order valence-corrected chi connectivity index (χ3v) is 7.06. The predicted octanol–water partition coefficient (Wildman–Crippen LogP) is 2.81. The molecule has 25 heavy (non-hydrogen) atoms. The largest absolute Gasteiger partial charge is 0.314 e. The first-order chi connectivity index (χ1) is 11.6. The first-order valence-electron chi connectivity index (χ1n) is 8.71. The van der Waals surface area contributed by atoms with Crippen molar-refractivity contribution in [2.24, 2.45) is 5.92 Å². The maximum atomic E-state index is 13.1. The van der Waals surface area contributed by atoms with Gasteiger partial charge >= 0.3 is 0 Å². The Morgan fingerprint density at radius 2 is 1.88 bits per heavy atom. The summed E-state index contributed by atoms with van der Waals surface area (Å²) in [4.78, 5) is 4.48. The van der Waals surface area contributed by atoms with Crippen LogP contribution in [0.25, 0.3) is 10.8 Å². The highest BCUT2D eigenvalue weighted by molar-refractivity contribution is 7.89. The Labute approximate surface area is 155 Å². The molecule has 0 unspecified atom stereocenters. The van der Waals surface area contributed by atoms with Crippen molar-refractivity contribution in [3.8, 4) is 0 Å². The molecular formula is C18H24ClN3O2S. The van der Waals surface area contributed by atoms with E-state index in [0.717, 1.165) is 36.1 Å². The van der Waals surface area contributed by atoms with E-state index in [1.54, 1.807) is 34.9 Å². The first-order valence-corrected chi connectivity index (χ1v) is 10.1. The number of hydrogen-bond acceptors (Lipinski definition) is 4. The number of nitrogens with one attached hydrogen (secondary N) is 1. The molecule has 1 saturated carbocycles. The number of piperidine rings is 1. The van der Waals surface area contributed by atoms with Gasteiger partial charge in [0.2, 0.25) is 10.0 Å². The van der Waals surface area contributed by atoms with Gasteiger partial charge in [0.25, 0.3) is 0 Å². The Morgan fingerprint density at radius 1 is 1.12 bits per heavy atom. The van der Waals surface area contributed by atoms with Gasteiger partial charge in [0.1, 0.15) is 0 Å². The first kappa shape index (κ1) is 18.6. The Kier molecular flexibility index (Phi) is 5.63. The summed E-state index contributed by atoms with van der Waals surface area (Å²) in [5.41, 5.74) is 0. The monoisotopic (exact) mass is 381 g/mol. The van der Waals surface area contributed by atoms with Crippen LogP contribution in [0.3, 0.4) is 0 Å². The number of pyridine rings is 1. The molecule has 0 bridgehead atoms. The van der Waals surface area contributed by atoms with Gasteiger partial charge in [-0.05, 0) is 50.3 Å². The van der Waals surface area contributed by atoms with Gasteiger partial charge in [-0.2, -0.15) is 4.31 Å². The van der Waals surface area contributed by atoms with Gasteiger partial charge in [0.05, 0.1) is 4.90 Å². The van der Waals surface area contributed by atoms with E-state index in [9.17, 15) is 8.42 Å². The molecule has 136 valence electrons. The van der Waals surface area contributed by atoms with E-state index >= 15 is 0 Å². The minimum atomic E-state index is -3.45. The van der Waals surface area contributed by atoms with Crippen LogP contribution in [-0.2, 0) is 10.0 Å². The summed E-state index contributed by atoms with van der Waals surface area (Å²) < 4.78 is 27.8. The lowest BCUT2D eigenvalue weighted by Gasteiger charge is -2.32. The van der Waals surface area contributed by atoms with Gasteiger partial charge in [-0.3, -0.25) is 4.98 Å². The van der Waals surface area contributed by atoms with E-state index < -0.39 is 10.0 Å². The molecule has 1 aromatic carbocycles. The Balaban J connectivity index is 0.00000182. The number of fused-ring (bicyclic) bond motifs is 1. The Morgan fingerprint density at radius 3 is 2.60 bits per heavy atom. The number of halogens is 1. The van der Waals surface area contributed by atoms with Crippen molar-refractivity contribution < 1.29 is 8.42 Å². The van der Waals surface area contributed by atoms with Crippen LogP contribution in [-0.4, -0.2) is 43.4 Å². The van der Waals surface area contributed by atoms with Gasteiger partial charge in [0.15, 0.2) is 0 Å². The molecule has 7 heteroatoms. The highest BCUT2D eigenvalue weighted by Gasteiger charge is 2.31. The van der Waals surface area contributed by atoms with Crippen molar-refractivity contribution >= 4 is 33.2 Å². The van der Waals surface area contributed by atoms with Crippen LogP contribution in [0.4, 0.5) is 0 Å². The molecule has 1 aliphatic heterocycles. The Bertz CT molecular complexity index is 826. The van der Waals surface area contributed by atoms with E-state index in [1.807, 2.05) is 6.07 Å². The third kappa shape index (κ3) is 3.97. The molecule has 1 N–H and O–H groups in total. The second-order valence-electron chi connectivity index (χ2n) is 6.88. The maximum absolute atomic E-state index is 13.1. The highest BCUT2D eigenvalue weighted by atomic mass is 35.5.